The molecule has 0 saturated heterocycles. The van der Waals surface area contributed by atoms with E-state index in [2.05, 4.69) is 15.0 Å². The molecule has 0 saturated carbocycles. The Morgan fingerprint density at radius 3 is 1.14 bits per heavy atom. The smallest absolute Gasteiger partial charge is 0.235 e. The molecule has 0 aliphatic heterocycles. The second-order valence-electron chi connectivity index (χ2n) is 4.01. The molecule has 22 heavy (non-hydrogen) atoms. The topological polar surface area (TPSA) is 170 Å². The Balaban J connectivity index is 3.30. The Morgan fingerprint density at radius 1 is 0.545 bits per heavy atom. The molecule has 0 spiro atoms. The zero-order valence-electron chi connectivity index (χ0n) is 11.8. The number of anilines is 3. The van der Waals surface area contributed by atoms with E-state index in [-0.39, 0.29) is 31.0 Å². The molecule has 12 heteroatoms. The Kier molecular flexibility index (Phi) is 7.65. The summed E-state index contributed by atoms with van der Waals surface area (Å²) in [6, 6.07) is 0. The average Bonchev–Trinajstić information content (AvgIpc) is 2.55. The van der Waals surface area contributed by atoms with E-state index in [9.17, 15) is 5.11 Å². The van der Waals surface area contributed by atoms with Crippen LogP contribution in [0.3, 0.4) is 0 Å². The van der Waals surface area contributed by atoms with Crippen LogP contribution in [-0.4, -0.2) is 92.4 Å². The average molecular weight is 320 g/mol. The van der Waals surface area contributed by atoms with E-state index in [0.717, 1.165) is 9.80 Å². The van der Waals surface area contributed by atoms with Gasteiger partial charge in [0.1, 0.15) is 33.7 Å². The largest absolute Gasteiger partial charge is 0.395 e. The lowest BCUT2D eigenvalue weighted by Crippen LogP contribution is -2.34. The minimum Gasteiger partial charge on any atom is -0.395 e. The number of hydrogen-bond donors (Lipinski definition) is 6. The van der Waals surface area contributed by atoms with Crippen molar-refractivity contribution in [2.45, 2.75) is 0 Å². The van der Waals surface area contributed by atoms with E-state index in [1.807, 2.05) is 0 Å². The molecule has 12 nitrogen and oxygen atoms in total. The van der Waals surface area contributed by atoms with Crippen LogP contribution in [0.4, 0.5) is 17.8 Å². The van der Waals surface area contributed by atoms with Crippen molar-refractivity contribution >= 4 is 17.8 Å². The Labute approximate surface area is 126 Å². The molecule has 1 heterocycles. The Morgan fingerprint density at radius 2 is 0.864 bits per heavy atom. The second-order valence-corrected chi connectivity index (χ2v) is 4.01. The number of aromatic nitrogens is 3. The monoisotopic (exact) mass is 320 g/mol. The first-order chi connectivity index (χ1) is 10.6. The van der Waals surface area contributed by atoms with Crippen molar-refractivity contribution in [2.75, 3.05) is 61.5 Å². The maximum absolute atomic E-state index is 9.29. The molecule has 126 valence electrons. The fourth-order valence-electron chi connectivity index (χ4n) is 1.46. The van der Waals surface area contributed by atoms with Gasteiger partial charge in [0, 0.05) is 6.54 Å². The maximum atomic E-state index is 9.29. The molecule has 0 fully saturated rings. The van der Waals surface area contributed by atoms with Gasteiger partial charge in [0.15, 0.2) is 0 Å². The molecule has 0 atom stereocenters. The summed E-state index contributed by atoms with van der Waals surface area (Å²) in [7, 11) is 0. The van der Waals surface area contributed by atoms with Gasteiger partial charge in [-0.05, 0) is 0 Å². The zero-order chi connectivity index (χ0) is 16.5. The van der Waals surface area contributed by atoms with Crippen LogP contribution >= 0.6 is 0 Å². The van der Waals surface area contributed by atoms with Crippen molar-refractivity contribution in [1.29, 1.82) is 0 Å². The van der Waals surface area contributed by atoms with Crippen molar-refractivity contribution in [3.63, 3.8) is 0 Å². The molecule has 1 rings (SSSR count). The first-order valence-electron chi connectivity index (χ1n) is 6.31. The van der Waals surface area contributed by atoms with Crippen molar-refractivity contribution < 1.29 is 30.6 Å². The fourth-order valence-corrected chi connectivity index (χ4v) is 1.46. The molecule has 1 aromatic heterocycles. The standard InChI is InChI=1S/C10H20N6O6/c17-2-1-14(3-18)8-11-9(15(4-19)5-20)13-10(12-8)16(6-21)7-22/h17-22H,1-7H2. The molecule has 0 aromatic carbocycles. The van der Waals surface area contributed by atoms with E-state index in [4.69, 9.17) is 25.5 Å². The van der Waals surface area contributed by atoms with Gasteiger partial charge < -0.3 is 35.5 Å². The molecule has 0 amide bonds. The van der Waals surface area contributed by atoms with Crippen molar-refractivity contribution in [2.24, 2.45) is 0 Å². The third kappa shape index (κ3) is 4.33. The quantitative estimate of drug-likeness (QED) is 0.231. The lowest BCUT2D eigenvalue weighted by atomic mass is 10.6. The lowest BCUT2D eigenvalue weighted by Gasteiger charge is -2.24. The fraction of sp³-hybridized carbons (Fsp3) is 0.700. The Bertz CT molecular complexity index is 414. The third-order valence-corrected chi connectivity index (χ3v) is 2.67. The van der Waals surface area contributed by atoms with Gasteiger partial charge in [0.05, 0.1) is 6.61 Å². The molecular formula is C10H20N6O6. The van der Waals surface area contributed by atoms with Crippen molar-refractivity contribution in [1.82, 2.24) is 15.0 Å². The first kappa shape index (κ1) is 18.2. The third-order valence-electron chi connectivity index (χ3n) is 2.67. The minimum atomic E-state index is -0.587. The maximum Gasteiger partial charge on any atom is 0.235 e. The van der Waals surface area contributed by atoms with Crippen LogP contribution in [-0.2, 0) is 0 Å². The summed E-state index contributed by atoms with van der Waals surface area (Å²) in [4.78, 5) is 15.0. The van der Waals surface area contributed by atoms with Gasteiger partial charge in [-0.1, -0.05) is 0 Å². The number of hydrogen-bond acceptors (Lipinski definition) is 12. The van der Waals surface area contributed by atoms with E-state index in [0.29, 0.717) is 0 Å². The van der Waals surface area contributed by atoms with Crippen LogP contribution in [0, 0.1) is 0 Å². The molecule has 6 N–H and O–H groups in total. The second kappa shape index (κ2) is 9.24. The summed E-state index contributed by atoms with van der Waals surface area (Å²) < 4.78 is 0. The highest BCUT2D eigenvalue weighted by molar-refractivity contribution is 5.45. The predicted octanol–water partition coefficient (Wildman–Crippen LogP) is -3.97. The van der Waals surface area contributed by atoms with Gasteiger partial charge in [0.25, 0.3) is 0 Å². The molecule has 1 aromatic rings. The van der Waals surface area contributed by atoms with Gasteiger partial charge in [0.2, 0.25) is 17.8 Å². The van der Waals surface area contributed by atoms with E-state index < -0.39 is 33.7 Å². The molecular weight excluding hydrogens is 300 g/mol. The molecule has 0 aliphatic carbocycles. The molecule has 0 unspecified atom stereocenters. The zero-order valence-corrected chi connectivity index (χ0v) is 11.8. The predicted molar refractivity (Wildman–Crippen MR) is 74.6 cm³/mol. The van der Waals surface area contributed by atoms with Crippen LogP contribution in [0.2, 0.25) is 0 Å². The number of nitrogens with zero attached hydrogens (tertiary/aromatic N) is 6. The highest BCUT2D eigenvalue weighted by Gasteiger charge is 2.18. The SMILES string of the molecule is OCCN(CO)c1nc(N(CO)CO)nc(N(CO)CO)n1. The number of aliphatic hydroxyl groups is 6. The highest BCUT2D eigenvalue weighted by Crippen LogP contribution is 2.18. The normalized spacial score (nSPS) is 10.6. The lowest BCUT2D eigenvalue weighted by molar-refractivity contribution is 0.217. The van der Waals surface area contributed by atoms with Crippen LogP contribution in [0.5, 0.6) is 0 Å². The van der Waals surface area contributed by atoms with Gasteiger partial charge in [-0.3, -0.25) is 9.80 Å². The van der Waals surface area contributed by atoms with Crippen LogP contribution in [0.25, 0.3) is 0 Å². The minimum absolute atomic E-state index is 0.0237. The van der Waals surface area contributed by atoms with Gasteiger partial charge in [-0.25, -0.2) is 0 Å². The van der Waals surface area contributed by atoms with Gasteiger partial charge in [-0.15, -0.1) is 0 Å². The van der Waals surface area contributed by atoms with Crippen LogP contribution in [0.15, 0.2) is 0 Å². The van der Waals surface area contributed by atoms with E-state index in [1.54, 1.807) is 0 Å². The summed E-state index contributed by atoms with van der Waals surface area (Å²) in [5, 5.41) is 54.9. The van der Waals surface area contributed by atoms with Crippen molar-refractivity contribution in [3.8, 4) is 0 Å². The van der Waals surface area contributed by atoms with E-state index in [1.165, 1.54) is 4.90 Å². The molecule has 0 radical (unpaired) electrons. The summed E-state index contributed by atoms with van der Waals surface area (Å²) >= 11 is 0. The summed E-state index contributed by atoms with van der Waals surface area (Å²) in [6.45, 7) is -3.10. The number of rotatable bonds is 10. The molecule has 0 bridgehead atoms. The number of aliphatic hydroxyl groups excluding tert-OH is 6. The van der Waals surface area contributed by atoms with Gasteiger partial charge in [-0.2, -0.15) is 15.0 Å². The van der Waals surface area contributed by atoms with E-state index >= 15 is 0 Å². The first-order valence-corrected chi connectivity index (χ1v) is 6.31. The molecule has 0 aliphatic rings. The van der Waals surface area contributed by atoms with Crippen LogP contribution < -0.4 is 14.7 Å². The summed E-state index contributed by atoms with van der Waals surface area (Å²) in [6.07, 6.45) is 0. The van der Waals surface area contributed by atoms with Gasteiger partial charge >= 0.3 is 0 Å². The van der Waals surface area contributed by atoms with Crippen LogP contribution in [0.1, 0.15) is 0 Å². The van der Waals surface area contributed by atoms with Crippen molar-refractivity contribution in [3.05, 3.63) is 0 Å². The Hall–Kier alpha value is -1.83. The summed E-state index contributed by atoms with van der Waals surface area (Å²) in [5.74, 6) is -0.322. The highest BCUT2D eigenvalue weighted by atomic mass is 16.3. The summed E-state index contributed by atoms with van der Waals surface area (Å²) in [5.41, 5.74) is 0.